The van der Waals surface area contributed by atoms with Gasteiger partial charge < -0.3 is 78.9 Å². The summed E-state index contributed by atoms with van der Waals surface area (Å²) in [7, 11) is 0. The molecule has 0 unspecified atom stereocenters. The van der Waals surface area contributed by atoms with Crippen LogP contribution < -0.4 is 58.9 Å². The Labute approximate surface area is 597 Å². The van der Waals surface area contributed by atoms with Gasteiger partial charge in [0.15, 0.2) is 0 Å². The number of H-pyrrole nitrogens is 2. The van der Waals surface area contributed by atoms with E-state index in [9.17, 15) is 53.1 Å². The molecule has 2 saturated heterocycles. The molecule has 0 bridgehead atoms. The summed E-state index contributed by atoms with van der Waals surface area (Å²) < 4.78 is 0. The van der Waals surface area contributed by atoms with Gasteiger partial charge in [-0.3, -0.25) is 57.5 Å². The van der Waals surface area contributed by atoms with Gasteiger partial charge in [-0.1, -0.05) is 127 Å². The Morgan fingerprint density at radius 2 is 0.961 bits per heavy atom. The highest BCUT2D eigenvalue weighted by Gasteiger charge is 2.41. The van der Waals surface area contributed by atoms with Gasteiger partial charge in [-0.05, 0) is 104 Å². The Kier molecular flexibility index (Phi) is 27.6. The van der Waals surface area contributed by atoms with Crippen LogP contribution in [0, 0.1) is 17.8 Å². The minimum atomic E-state index is -1.43. The molecular formula is C74H96N14O13S. The number of amides is 12. The van der Waals surface area contributed by atoms with Gasteiger partial charge in [0.05, 0.1) is 5.75 Å². The van der Waals surface area contributed by atoms with Gasteiger partial charge in [-0.2, -0.15) is 0 Å². The molecule has 8 rings (SSSR count). The summed E-state index contributed by atoms with van der Waals surface area (Å²) in [6, 6.07) is 14.8. The minimum absolute atomic E-state index is 0.0536. The predicted molar refractivity (Wildman–Crippen MR) is 386 cm³/mol. The Hall–Kier alpha value is -10.3. The molecule has 6 aromatic rings. The molecule has 15 N–H and O–H groups in total. The molecular weight excluding hydrogens is 1320 g/mol. The Morgan fingerprint density at radius 1 is 0.510 bits per heavy atom. The van der Waals surface area contributed by atoms with Crippen LogP contribution >= 0.6 is 11.8 Å². The highest BCUT2D eigenvalue weighted by Crippen LogP contribution is 2.24. The first-order chi connectivity index (χ1) is 48.7. The van der Waals surface area contributed by atoms with E-state index in [4.69, 9.17) is 5.73 Å². The van der Waals surface area contributed by atoms with Crippen molar-refractivity contribution in [3.05, 3.63) is 138 Å². The van der Waals surface area contributed by atoms with E-state index in [1.807, 2.05) is 77.1 Å². The number of primary amides is 1. The molecule has 2 aromatic heterocycles. The first-order valence-corrected chi connectivity index (χ1v) is 35.9. The number of aromatic nitrogens is 2. The number of thioether (sulfide) groups is 1. The number of aromatic hydroxyl groups is 1. The van der Waals surface area contributed by atoms with E-state index in [0.29, 0.717) is 35.1 Å². The number of hydrogen-bond donors (Lipinski definition) is 14. The smallest absolute Gasteiger partial charge is 0.245 e. The predicted octanol–water partition coefficient (Wildman–Crippen LogP) is 2.87. The van der Waals surface area contributed by atoms with E-state index in [-0.39, 0.29) is 80.6 Å². The van der Waals surface area contributed by atoms with E-state index >= 15 is 9.59 Å². The zero-order valence-corrected chi connectivity index (χ0v) is 59.6. The SMILES string of the molecule is CC[C@H](C)[C@@H]1NC(=O)[C@H](CC(C)C)NC(=O)[C@H](Cc2c[nH]c3ccccc23)NC(=O)[C@H](Cc2ccccc2)NC(=O)[C@@H]2CCCN2C(=O)[C@H](C)NC(=O)[C@H](C)NC(=O)[C@H](Cc2ccc(O)cc2)NC(=O)CSC[C@@H](C(N)=O)NC(=O)[C@H](Cc2c[nH]c3ccccc23)NC(=O)[C@H](CC(C)C)NC1=O. The minimum Gasteiger partial charge on any atom is -0.508 e. The summed E-state index contributed by atoms with van der Waals surface area (Å²) in [5, 5.41) is 39.4. The van der Waals surface area contributed by atoms with Gasteiger partial charge in [0, 0.05) is 72.2 Å². The van der Waals surface area contributed by atoms with Crippen molar-refractivity contribution >= 4 is 104 Å². The molecule has 12 atom stereocenters. The number of fused-ring (bicyclic) bond motifs is 3. The highest BCUT2D eigenvalue weighted by atomic mass is 32.2. The molecule has 28 heteroatoms. The number of carbonyl (C=O) groups excluding carboxylic acids is 12. The maximum absolute atomic E-state index is 15.2. The third-order valence-electron chi connectivity index (χ3n) is 18.4. The normalized spacial score (nSPS) is 24.7. The summed E-state index contributed by atoms with van der Waals surface area (Å²) in [5.41, 5.74) is 9.77. The summed E-state index contributed by atoms with van der Waals surface area (Å²) in [5.74, 6) is -11.0. The van der Waals surface area contributed by atoms with Crippen molar-refractivity contribution in [2.75, 3.05) is 18.1 Å². The van der Waals surface area contributed by atoms with Crippen LogP contribution in [-0.2, 0) is 83.2 Å². The molecule has 0 spiro atoms. The number of hydrogen-bond acceptors (Lipinski definition) is 14. The number of phenols is 1. The summed E-state index contributed by atoms with van der Waals surface area (Å²) in [6.45, 7) is 13.8. The van der Waals surface area contributed by atoms with Crippen LogP contribution in [0.4, 0.5) is 0 Å². The molecule has 4 aromatic carbocycles. The maximum atomic E-state index is 15.2. The van der Waals surface area contributed by atoms with Gasteiger partial charge in [-0.25, -0.2) is 0 Å². The number of phenolic OH excluding ortho intramolecular Hbond substituents is 1. The zero-order chi connectivity index (χ0) is 73.9. The average Bonchev–Trinajstić information content (AvgIpc) is 1.65. The van der Waals surface area contributed by atoms with E-state index in [1.54, 1.807) is 55.7 Å². The molecule has 546 valence electrons. The van der Waals surface area contributed by atoms with Crippen molar-refractivity contribution in [3.63, 3.8) is 0 Å². The lowest BCUT2D eigenvalue weighted by atomic mass is 9.95. The van der Waals surface area contributed by atoms with Crippen LogP contribution in [-0.4, -0.2) is 175 Å². The molecule has 0 aliphatic carbocycles. The first kappa shape index (κ1) is 77.5. The van der Waals surface area contributed by atoms with Crippen LogP contribution in [0.5, 0.6) is 5.75 Å². The van der Waals surface area contributed by atoms with Crippen LogP contribution in [0.25, 0.3) is 21.8 Å². The Bertz CT molecular complexity index is 3970. The zero-order valence-electron chi connectivity index (χ0n) is 58.8. The van der Waals surface area contributed by atoms with Crippen molar-refractivity contribution in [1.82, 2.24) is 68.0 Å². The topological polar surface area (TPSA) is 406 Å². The molecule has 12 amide bonds. The fourth-order valence-electron chi connectivity index (χ4n) is 12.6. The van der Waals surface area contributed by atoms with Gasteiger partial charge in [0.2, 0.25) is 70.9 Å². The molecule has 2 aliphatic heterocycles. The average molecular weight is 1420 g/mol. The van der Waals surface area contributed by atoms with E-state index in [1.165, 1.54) is 43.0 Å². The second kappa shape index (κ2) is 36.4. The number of nitrogens with two attached hydrogens (primary N) is 1. The standard InChI is InChI=1S/C74H96N14O13S/c1-9-42(6)63-73(100)85-54(30-40(2)3)67(94)82-59(35-48-37-77-53-23-16-14-21-51(48)53)70(97)86-60(64(75)91)38-102-39-62(90)80-56(33-46-25-27-49(89)28-26-46)66(93)78-43(7)65(92)79-44(8)74(101)88-29-17-24-61(88)72(99)84-57(32-45-18-11-10-12-19-45)68(95)83-58(34-47-36-76-52-22-15-13-20-50(47)52)69(96)81-55(31-41(4)5)71(98)87-63/h10-16,18-23,25-28,36-37,40-44,54-61,63,76-77,89H,9,17,24,29-35,38-39H2,1-8H3,(H2,75,91)(H,78,93)(H,79,92)(H,80,90)(H,81,96)(H,82,94)(H,83,95)(H,84,99)(H,85,100)(H,86,97)(H,87,98)/t42-,43-,44-,54-,55-,56-,57-,58-,59-,60-,61-,63-/m0/s1. The molecule has 0 radical (unpaired) electrons. The molecule has 2 fully saturated rings. The molecule has 0 saturated carbocycles. The number of carbonyl (C=O) groups is 12. The molecule has 27 nitrogen and oxygen atoms in total. The van der Waals surface area contributed by atoms with Crippen LogP contribution in [0.2, 0.25) is 0 Å². The van der Waals surface area contributed by atoms with Crippen molar-refractivity contribution in [2.24, 2.45) is 23.5 Å². The van der Waals surface area contributed by atoms with E-state index < -0.39 is 143 Å². The van der Waals surface area contributed by atoms with E-state index in [0.717, 1.165) is 33.6 Å². The molecule has 102 heavy (non-hydrogen) atoms. The fourth-order valence-corrected chi connectivity index (χ4v) is 13.5. The van der Waals surface area contributed by atoms with Crippen LogP contribution in [0.15, 0.2) is 116 Å². The van der Waals surface area contributed by atoms with Crippen molar-refractivity contribution < 1.29 is 62.6 Å². The number of rotatable bonds is 15. The van der Waals surface area contributed by atoms with Gasteiger partial charge >= 0.3 is 0 Å². The number of nitrogens with one attached hydrogen (secondary N) is 12. The lowest BCUT2D eigenvalue weighted by molar-refractivity contribution is -0.142. The quantitative estimate of drug-likeness (QED) is 0.0703. The monoisotopic (exact) mass is 1420 g/mol. The van der Waals surface area contributed by atoms with Crippen molar-refractivity contribution in [3.8, 4) is 5.75 Å². The molecule has 2 aliphatic rings. The van der Waals surface area contributed by atoms with Crippen molar-refractivity contribution in [1.29, 1.82) is 0 Å². The third kappa shape index (κ3) is 21.4. The lowest BCUT2D eigenvalue weighted by Crippen LogP contribution is -2.62. The maximum Gasteiger partial charge on any atom is 0.245 e. The second-order valence-corrected chi connectivity index (χ2v) is 28.4. The van der Waals surface area contributed by atoms with Gasteiger partial charge in [0.25, 0.3) is 0 Å². The fraction of sp³-hybridized carbons (Fsp3) is 0.459. The van der Waals surface area contributed by atoms with Crippen LogP contribution in [0.1, 0.15) is 110 Å². The first-order valence-electron chi connectivity index (χ1n) is 34.8. The number of benzene rings is 4. The summed E-state index contributed by atoms with van der Waals surface area (Å²) in [4.78, 5) is 182. The number of para-hydroxylation sites is 2. The Morgan fingerprint density at radius 3 is 1.51 bits per heavy atom. The lowest BCUT2D eigenvalue weighted by Gasteiger charge is -2.31. The third-order valence-corrected chi connectivity index (χ3v) is 19.4. The van der Waals surface area contributed by atoms with Crippen molar-refractivity contribution in [2.45, 2.75) is 180 Å². The number of aromatic amines is 2. The Balaban J connectivity index is 1.14. The molecule has 4 heterocycles. The van der Waals surface area contributed by atoms with Crippen LogP contribution in [0.3, 0.4) is 0 Å². The summed E-state index contributed by atoms with van der Waals surface area (Å²) >= 11 is 0.892. The van der Waals surface area contributed by atoms with Gasteiger partial charge in [-0.15, -0.1) is 11.8 Å². The van der Waals surface area contributed by atoms with E-state index in [2.05, 4.69) is 63.1 Å². The largest absolute Gasteiger partial charge is 0.508 e. The summed E-state index contributed by atoms with van der Waals surface area (Å²) in [6.07, 6.45) is 4.01. The number of nitrogens with zero attached hydrogens (tertiary/aromatic N) is 1. The van der Waals surface area contributed by atoms with Gasteiger partial charge in [0.1, 0.15) is 72.2 Å². The second-order valence-electron chi connectivity index (χ2n) is 27.4. The highest BCUT2D eigenvalue weighted by molar-refractivity contribution is 8.00.